The molecule has 1 unspecified atom stereocenters. The molecule has 0 aromatic heterocycles. The summed E-state index contributed by atoms with van der Waals surface area (Å²) >= 11 is 5.40. The average molecular weight is 256 g/mol. The van der Waals surface area contributed by atoms with Gasteiger partial charge >= 0.3 is 6.18 Å². The Labute approximate surface area is 92.4 Å². The van der Waals surface area contributed by atoms with Crippen LogP contribution in [0.4, 0.5) is 18.9 Å². The number of aliphatic hydroxyl groups is 1. The van der Waals surface area contributed by atoms with Gasteiger partial charge < -0.3 is 5.11 Å². The summed E-state index contributed by atoms with van der Waals surface area (Å²) in [5.41, 5.74) is -1.05. The summed E-state index contributed by atoms with van der Waals surface area (Å²) in [5, 5.41) is 18.7. The Hall–Kier alpha value is -1.34. The zero-order valence-corrected chi connectivity index (χ0v) is 8.29. The third-order valence-corrected chi connectivity index (χ3v) is 2.10. The Bertz CT molecular complexity index is 421. The monoisotopic (exact) mass is 255 g/mol. The first-order chi connectivity index (χ1) is 7.23. The molecule has 4 nitrogen and oxygen atoms in total. The first-order valence-electron chi connectivity index (χ1n) is 3.92. The molecule has 16 heavy (non-hydrogen) atoms. The summed E-state index contributed by atoms with van der Waals surface area (Å²) in [4.78, 5) is 9.51. The number of halogens is 4. The smallest absolute Gasteiger partial charge is 0.379 e. The van der Waals surface area contributed by atoms with Crippen LogP contribution in [0, 0.1) is 10.1 Å². The first kappa shape index (κ1) is 12.7. The second-order valence-corrected chi connectivity index (χ2v) is 3.32. The highest BCUT2D eigenvalue weighted by Gasteiger charge is 2.39. The van der Waals surface area contributed by atoms with Crippen LogP contribution in [0.2, 0.25) is 5.02 Å². The summed E-state index contributed by atoms with van der Waals surface area (Å²) in [6.45, 7) is 0. The standard InChI is InChI=1S/C8H5ClF3NO3/c9-5-3-4(7(14)8(10,11)12)1-2-6(5)13(15)16/h1-3,7,14H. The van der Waals surface area contributed by atoms with E-state index in [9.17, 15) is 23.3 Å². The minimum Gasteiger partial charge on any atom is -0.379 e. The van der Waals surface area contributed by atoms with E-state index in [1.807, 2.05) is 0 Å². The predicted molar refractivity (Wildman–Crippen MR) is 49.1 cm³/mol. The molecule has 1 rings (SSSR count). The number of aliphatic hydroxyl groups excluding tert-OH is 1. The molecule has 0 saturated carbocycles. The van der Waals surface area contributed by atoms with Crippen LogP contribution in [0.1, 0.15) is 11.7 Å². The number of benzene rings is 1. The molecule has 0 aliphatic heterocycles. The molecule has 0 aliphatic rings. The second kappa shape index (κ2) is 4.26. The van der Waals surface area contributed by atoms with Gasteiger partial charge in [-0.1, -0.05) is 11.6 Å². The van der Waals surface area contributed by atoms with Crippen molar-refractivity contribution in [2.24, 2.45) is 0 Å². The van der Waals surface area contributed by atoms with E-state index in [4.69, 9.17) is 16.7 Å². The van der Waals surface area contributed by atoms with Crippen molar-refractivity contribution < 1.29 is 23.2 Å². The molecule has 0 amide bonds. The molecule has 1 atom stereocenters. The summed E-state index contributed by atoms with van der Waals surface area (Å²) < 4.78 is 36.3. The number of rotatable bonds is 2. The van der Waals surface area contributed by atoms with E-state index in [0.717, 1.165) is 18.2 Å². The minimum absolute atomic E-state index is 0.453. The average Bonchev–Trinajstić information content (AvgIpc) is 2.14. The lowest BCUT2D eigenvalue weighted by molar-refractivity contribution is -0.384. The van der Waals surface area contributed by atoms with Gasteiger partial charge in [0.1, 0.15) is 5.02 Å². The fourth-order valence-corrected chi connectivity index (χ4v) is 1.29. The maximum Gasteiger partial charge on any atom is 0.418 e. The van der Waals surface area contributed by atoms with E-state index in [2.05, 4.69) is 0 Å². The van der Waals surface area contributed by atoms with E-state index >= 15 is 0 Å². The van der Waals surface area contributed by atoms with E-state index in [-0.39, 0.29) is 0 Å². The van der Waals surface area contributed by atoms with Crippen molar-refractivity contribution in [2.45, 2.75) is 12.3 Å². The van der Waals surface area contributed by atoms with Crippen LogP contribution >= 0.6 is 11.6 Å². The van der Waals surface area contributed by atoms with Crippen molar-refractivity contribution in [1.82, 2.24) is 0 Å². The van der Waals surface area contributed by atoms with Crippen LogP contribution in [0.3, 0.4) is 0 Å². The number of hydrogen-bond acceptors (Lipinski definition) is 3. The van der Waals surface area contributed by atoms with Crippen molar-refractivity contribution >= 4 is 17.3 Å². The zero-order valence-electron chi connectivity index (χ0n) is 7.53. The summed E-state index contributed by atoms with van der Waals surface area (Å²) in [5.74, 6) is 0. The zero-order chi connectivity index (χ0) is 12.5. The van der Waals surface area contributed by atoms with Gasteiger partial charge in [0.25, 0.3) is 5.69 Å². The van der Waals surface area contributed by atoms with Crippen molar-refractivity contribution in [2.75, 3.05) is 0 Å². The highest BCUT2D eigenvalue weighted by Crippen LogP contribution is 2.35. The lowest BCUT2D eigenvalue weighted by Gasteiger charge is -2.14. The van der Waals surface area contributed by atoms with Gasteiger partial charge in [-0.2, -0.15) is 13.2 Å². The Morgan fingerprint density at radius 1 is 1.44 bits per heavy atom. The number of nitro groups is 1. The second-order valence-electron chi connectivity index (χ2n) is 2.91. The van der Waals surface area contributed by atoms with Gasteiger partial charge in [0.2, 0.25) is 0 Å². The number of nitro benzene ring substituents is 1. The van der Waals surface area contributed by atoms with Gasteiger partial charge in [-0.3, -0.25) is 10.1 Å². The minimum atomic E-state index is -4.83. The Morgan fingerprint density at radius 2 is 2.00 bits per heavy atom. The van der Waals surface area contributed by atoms with Crippen LogP contribution in [-0.4, -0.2) is 16.2 Å². The summed E-state index contributed by atoms with van der Waals surface area (Å²) in [6, 6.07) is 2.34. The lowest BCUT2D eigenvalue weighted by atomic mass is 10.1. The number of hydrogen-bond donors (Lipinski definition) is 1. The van der Waals surface area contributed by atoms with E-state index < -0.39 is 33.5 Å². The topological polar surface area (TPSA) is 63.4 Å². The Kier molecular flexibility index (Phi) is 3.39. The summed E-state index contributed by atoms with van der Waals surface area (Å²) in [6.07, 6.45) is -7.54. The van der Waals surface area contributed by atoms with Gasteiger partial charge in [0, 0.05) is 6.07 Å². The lowest BCUT2D eigenvalue weighted by Crippen LogP contribution is -2.20. The van der Waals surface area contributed by atoms with Crippen molar-refractivity contribution in [3.05, 3.63) is 38.9 Å². The molecular formula is C8H5ClF3NO3. The maximum atomic E-state index is 12.1. The molecule has 0 spiro atoms. The van der Waals surface area contributed by atoms with Gasteiger partial charge in [0.05, 0.1) is 4.92 Å². The molecule has 0 saturated heterocycles. The van der Waals surface area contributed by atoms with E-state index in [0.29, 0.717) is 0 Å². The first-order valence-corrected chi connectivity index (χ1v) is 4.30. The molecular weight excluding hydrogens is 251 g/mol. The largest absolute Gasteiger partial charge is 0.418 e. The fourth-order valence-electron chi connectivity index (χ4n) is 1.03. The van der Waals surface area contributed by atoms with Gasteiger partial charge in [0.15, 0.2) is 6.10 Å². The highest BCUT2D eigenvalue weighted by molar-refractivity contribution is 6.32. The van der Waals surface area contributed by atoms with E-state index in [1.54, 1.807) is 0 Å². The van der Waals surface area contributed by atoms with Crippen molar-refractivity contribution in [1.29, 1.82) is 0 Å². The number of alkyl halides is 3. The van der Waals surface area contributed by atoms with Gasteiger partial charge in [-0.15, -0.1) is 0 Å². The third-order valence-electron chi connectivity index (χ3n) is 1.79. The quantitative estimate of drug-likeness (QED) is 0.653. The van der Waals surface area contributed by atoms with Gasteiger partial charge in [-0.25, -0.2) is 0 Å². The van der Waals surface area contributed by atoms with Crippen LogP contribution in [0.5, 0.6) is 0 Å². The molecule has 0 radical (unpaired) electrons. The molecule has 88 valence electrons. The fraction of sp³-hybridized carbons (Fsp3) is 0.250. The van der Waals surface area contributed by atoms with Crippen LogP contribution in [0.25, 0.3) is 0 Å². The van der Waals surface area contributed by atoms with Crippen molar-refractivity contribution in [3.63, 3.8) is 0 Å². The number of nitrogens with zero attached hydrogens (tertiary/aromatic N) is 1. The van der Waals surface area contributed by atoms with Crippen LogP contribution < -0.4 is 0 Å². The molecule has 0 aliphatic carbocycles. The molecule has 1 aromatic carbocycles. The molecule has 8 heteroatoms. The molecule has 1 aromatic rings. The predicted octanol–water partition coefficient (Wildman–Crippen LogP) is 2.84. The third kappa shape index (κ3) is 2.61. The Balaban J connectivity index is 3.11. The maximum absolute atomic E-state index is 12.1. The molecule has 0 heterocycles. The van der Waals surface area contributed by atoms with Crippen LogP contribution in [-0.2, 0) is 0 Å². The van der Waals surface area contributed by atoms with Gasteiger partial charge in [-0.05, 0) is 17.7 Å². The van der Waals surface area contributed by atoms with E-state index in [1.165, 1.54) is 0 Å². The normalized spacial score (nSPS) is 13.6. The highest BCUT2D eigenvalue weighted by atomic mass is 35.5. The summed E-state index contributed by atoms with van der Waals surface area (Å²) in [7, 11) is 0. The molecule has 0 fully saturated rings. The van der Waals surface area contributed by atoms with Crippen molar-refractivity contribution in [3.8, 4) is 0 Å². The molecule has 0 bridgehead atoms. The molecule has 1 N–H and O–H groups in total. The van der Waals surface area contributed by atoms with Crippen LogP contribution in [0.15, 0.2) is 18.2 Å². The SMILES string of the molecule is O=[N+]([O-])c1ccc(C(O)C(F)(F)F)cc1Cl. The Morgan fingerprint density at radius 3 is 2.38 bits per heavy atom.